The number of fused-ring (bicyclic) bond motifs is 1. The molecule has 0 saturated carbocycles. The monoisotopic (exact) mass is 113 g/mol. The Kier molecular flexibility index (Phi) is 0.420. The fourth-order valence-corrected chi connectivity index (χ4v) is 0.833. The van der Waals surface area contributed by atoms with Gasteiger partial charge in [-0.15, -0.1) is 0 Å². The normalized spacial score (nSPS) is 32.5. The smallest absolute Gasteiger partial charge is 0.417 e. The number of carbonyl (C=O) groups excluding carboxylic acids is 2. The highest BCUT2D eigenvalue weighted by molar-refractivity contribution is 6.05. The van der Waals surface area contributed by atoms with Crippen molar-refractivity contribution in [1.82, 2.24) is 4.90 Å². The lowest BCUT2D eigenvalue weighted by Crippen LogP contribution is -2.47. The van der Waals surface area contributed by atoms with Gasteiger partial charge in [0, 0.05) is 0 Å². The summed E-state index contributed by atoms with van der Waals surface area (Å²) in [6.45, 7) is 0.470. The standard InChI is InChI=1S/C4H3NO3/c6-3-2-1-5(3)4(7)8-2/h2H,1H2. The van der Waals surface area contributed by atoms with Crippen molar-refractivity contribution in [1.29, 1.82) is 0 Å². The van der Waals surface area contributed by atoms with E-state index in [0.717, 1.165) is 4.90 Å². The van der Waals surface area contributed by atoms with Gasteiger partial charge in [-0.05, 0) is 0 Å². The maximum atomic E-state index is 10.4. The van der Waals surface area contributed by atoms with Crippen molar-refractivity contribution in [3.63, 3.8) is 0 Å². The average Bonchev–Trinajstić information content (AvgIpc) is 2.19. The molecule has 3 heterocycles. The molecule has 0 spiro atoms. The summed E-state index contributed by atoms with van der Waals surface area (Å²) in [5.41, 5.74) is 0. The number of carbonyl (C=O) groups is 2. The van der Waals surface area contributed by atoms with Crippen molar-refractivity contribution in [2.75, 3.05) is 6.54 Å². The molecule has 3 rings (SSSR count). The van der Waals surface area contributed by atoms with E-state index in [2.05, 4.69) is 4.74 Å². The molecule has 1 unspecified atom stereocenters. The van der Waals surface area contributed by atoms with Gasteiger partial charge in [-0.3, -0.25) is 4.79 Å². The summed E-state index contributed by atoms with van der Waals surface area (Å²) in [6, 6.07) is 0. The van der Waals surface area contributed by atoms with Gasteiger partial charge in [-0.25, -0.2) is 9.69 Å². The summed E-state index contributed by atoms with van der Waals surface area (Å²) < 4.78 is 4.48. The van der Waals surface area contributed by atoms with Crippen LogP contribution in [0.25, 0.3) is 0 Å². The number of hydrogen-bond acceptors (Lipinski definition) is 3. The molecule has 0 N–H and O–H groups in total. The van der Waals surface area contributed by atoms with Crippen molar-refractivity contribution >= 4 is 12.0 Å². The van der Waals surface area contributed by atoms with Crippen LogP contribution in [0.4, 0.5) is 4.79 Å². The third-order valence-corrected chi connectivity index (χ3v) is 1.35. The Bertz CT molecular complexity index is 168. The molecule has 8 heavy (non-hydrogen) atoms. The summed E-state index contributed by atoms with van der Waals surface area (Å²) in [4.78, 5) is 21.8. The van der Waals surface area contributed by atoms with Crippen LogP contribution in [0.15, 0.2) is 0 Å². The van der Waals surface area contributed by atoms with Crippen LogP contribution in [0.3, 0.4) is 0 Å². The SMILES string of the molecule is O=C1OC2CN1C2=O. The van der Waals surface area contributed by atoms with Gasteiger partial charge in [0.15, 0.2) is 0 Å². The fourth-order valence-electron chi connectivity index (χ4n) is 0.833. The zero-order valence-electron chi connectivity index (χ0n) is 3.96. The van der Waals surface area contributed by atoms with Crippen LogP contribution < -0.4 is 0 Å². The molecular weight excluding hydrogens is 110 g/mol. The molecule has 3 saturated heterocycles. The molecule has 3 aliphatic heterocycles. The fraction of sp³-hybridized carbons (Fsp3) is 0.500. The first-order valence-corrected chi connectivity index (χ1v) is 2.31. The van der Waals surface area contributed by atoms with E-state index in [1.165, 1.54) is 0 Å². The highest BCUT2D eigenvalue weighted by atomic mass is 16.6. The van der Waals surface area contributed by atoms with Crippen molar-refractivity contribution in [3.8, 4) is 0 Å². The molecule has 42 valence electrons. The highest BCUT2D eigenvalue weighted by Crippen LogP contribution is 2.23. The van der Waals surface area contributed by atoms with Gasteiger partial charge in [0.1, 0.15) is 0 Å². The van der Waals surface area contributed by atoms with Gasteiger partial charge in [0.2, 0.25) is 6.10 Å². The predicted molar refractivity (Wildman–Crippen MR) is 22.0 cm³/mol. The second kappa shape index (κ2) is 0.866. The van der Waals surface area contributed by atoms with Crippen LogP contribution in [0.1, 0.15) is 0 Å². The quantitative estimate of drug-likeness (QED) is 0.392. The minimum absolute atomic E-state index is 0.185. The van der Waals surface area contributed by atoms with Gasteiger partial charge in [-0.2, -0.15) is 0 Å². The summed E-state index contributed by atoms with van der Waals surface area (Å²) in [5.74, 6) is -0.185. The molecule has 2 bridgehead atoms. The Morgan fingerprint density at radius 1 is 1.62 bits per heavy atom. The van der Waals surface area contributed by atoms with Crippen molar-refractivity contribution in [3.05, 3.63) is 0 Å². The molecule has 2 amide bonds. The van der Waals surface area contributed by atoms with E-state index in [9.17, 15) is 9.59 Å². The summed E-state index contributed by atoms with van der Waals surface area (Å²) >= 11 is 0. The van der Waals surface area contributed by atoms with Crippen LogP contribution >= 0.6 is 0 Å². The average molecular weight is 113 g/mol. The van der Waals surface area contributed by atoms with Gasteiger partial charge < -0.3 is 4.74 Å². The van der Waals surface area contributed by atoms with E-state index < -0.39 is 12.2 Å². The molecule has 0 aliphatic carbocycles. The Balaban J connectivity index is 2.36. The van der Waals surface area contributed by atoms with Crippen LogP contribution in [-0.4, -0.2) is 29.5 Å². The maximum Gasteiger partial charge on any atom is 0.417 e. The van der Waals surface area contributed by atoms with Gasteiger partial charge in [0.05, 0.1) is 6.54 Å². The molecule has 0 aromatic rings. The van der Waals surface area contributed by atoms with Gasteiger partial charge in [0.25, 0.3) is 5.91 Å². The first kappa shape index (κ1) is 3.88. The van der Waals surface area contributed by atoms with Crippen molar-refractivity contribution in [2.45, 2.75) is 6.10 Å². The van der Waals surface area contributed by atoms with Crippen molar-refractivity contribution < 1.29 is 14.3 Å². The Morgan fingerprint density at radius 3 is 2.50 bits per heavy atom. The van der Waals surface area contributed by atoms with E-state index in [4.69, 9.17) is 0 Å². The molecule has 4 heteroatoms. The van der Waals surface area contributed by atoms with E-state index in [1.54, 1.807) is 0 Å². The molecule has 3 aliphatic rings. The number of hydrogen-bond donors (Lipinski definition) is 0. The minimum atomic E-state index is -0.486. The molecule has 3 fully saturated rings. The summed E-state index contributed by atoms with van der Waals surface area (Å²) in [7, 11) is 0. The largest absolute Gasteiger partial charge is 0.434 e. The molecule has 4 nitrogen and oxygen atoms in total. The zero-order chi connectivity index (χ0) is 5.72. The van der Waals surface area contributed by atoms with E-state index in [0.29, 0.717) is 6.54 Å². The number of ether oxygens (including phenoxy) is 1. The van der Waals surface area contributed by atoms with E-state index >= 15 is 0 Å². The Hall–Kier alpha value is -1.06. The first-order chi connectivity index (χ1) is 3.79. The number of β-lactam (4-membered cyclic amide) rings is 1. The molecule has 1 atom stereocenters. The maximum absolute atomic E-state index is 10.4. The zero-order valence-corrected chi connectivity index (χ0v) is 3.96. The topological polar surface area (TPSA) is 46.6 Å². The van der Waals surface area contributed by atoms with Crippen LogP contribution in [-0.2, 0) is 9.53 Å². The lowest BCUT2D eigenvalue weighted by atomic mass is 10.2. The minimum Gasteiger partial charge on any atom is -0.434 e. The Labute approximate surface area is 45.0 Å². The highest BCUT2D eigenvalue weighted by Gasteiger charge is 2.52. The van der Waals surface area contributed by atoms with Crippen LogP contribution in [0, 0.1) is 0 Å². The van der Waals surface area contributed by atoms with Crippen molar-refractivity contribution in [2.24, 2.45) is 0 Å². The first-order valence-electron chi connectivity index (χ1n) is 2.31. The van der Waals surface area contributed by atoms with E-state index in [1.807, 2.05) is 0 Å². The molecule has 0 aromatic carbocycles. The lowest BCUT2D eigenvalue weighted by molar-refractivity contribution is -0.138. The molecular formula is C4H3NO3. The van der Waals surface area contributed by atoms with Crippen LogP contribution in [0.5, 0.6) is 0 Å². The second-order valence-corrected chi connectivity index (χ2v) is 1.82. The number of amides is 2. The third-order valence-electron chi connectivity index (χ3n) is 1.35. The third kappa shape index (κ3) is 0.214. The lowest BCUT2D eigenvalue weighted by Gasteiger charge is -2.17. The van der Waals surface area contributed by atoms with Gasteiger partial charge in [-0.1, -0.05) is 0 Å². The number of imide groups is 1. The Morgan fingerprint density at radius 2 is 2.38 bits per heavy atom. The predicted octanol–water partition coefficient (Wildman–Crippen LogP) is -0.653. The summed E-state index contributed by atoms with van der Waals surface area (Å²) in [6.07, 6.45) is -0.914. The second-order valence-electron chi connectivity index (χ2n) is 1.82. The number of nitrogens with zero attached hydrogens (tertiary/aromatic N) is 1. The number of rotatable bonds is 0. The van der Waals surface area contributed by atoms with Crippen LogP contribution in [0.2, 0.25) is 0 Å². The molecule has 0 radical (unpaired) electrons. The summed E-state index contributed by atoms with van der Waals surface area (Å²) in [5, 5.41) is 0. The van der Waals surface area contributed by atoms with Gasteiger partial charge >= 0.3 is 6.09 Å². The molecule has 0 aromatic heterocycles. The van der Waals surface area contributed by atoms with E-state index in [-0.39, 0.29) is 5.91 Å².